The van der Waals surface area contributed by atoms with E-state index in [0.29, 0.717) is 0 Å². The minimum Gasteiger partial charge on any atom is -0.861 e. The molecule has 7 heteroatoms. The molecule has 7 nitrogen and oxygen atoms in total. The molecule has 16 heavy (non-hydrogen) atoms. The fourth-order valence-corrected chi connectivity index (χ4v) is 1.12. The monoisotopic (exact) mass is 220 g/mol. The van der Waals surface area contributed by atoms with Crippen molar-refractivity contribution in [1.29, 1.82) is 0 Å². The molecule has 0 unspecified atom stereocenters. The predicted molar refractivity (Wildman–Crippen MR) is 56.4 cm³/mol. The zero-order chi connectivity index (χ0) is 11.7. The highest BCUT2D eigenvalue weighted by atomic mass is 16.3. The van der Waals surface area contributed by atoms with Crippen LogP contribution in [0, 0.1) is 5.92 Å². The lowest BCUT2D eigenvalue weighted by Crippen LogP contribution is -2.23. The highest BCUT2D eigenvalue weighted by molar-refractivity contribution is 5.76. The Labute approximate surface area is 90.3 Å². The molecule has 0 radical (unpaired) electrons. The van der Waals surface area contributed by atoms with Gasteiger partial charge >= 0.3 is 0 Å². The van der Waals surface area contributed by atoms with Crippen LogP contribution in [0.5, 0.6) is 0 Å². The molecule has 0 amide bonds. The molecule has 0 aliphatic rings. The fraction of sp³-hybridized carbons (Fsp3) is 0.333. The molecule has 0 atom stereocenters. The number of fused-ring (bicyclic) bond motifs is 1. The molecular formula is C9H10N5O2-. The van der Waals surface area contributed by atoms with E-state index in [2.05, 4.69) is 24.9 Å². The van der Waals surface area contributed by atoms with E-state index in [9.17, 15) is 9.90 Å². The van der Waals surface area contributed by atoms with Gasteiger partial charge in [0.05, 0.1) is 6.33 Å². The van der Waals surface area contributed by atoms with E-state index in [1.54, 1.807) is 13.8 Å². The van der Waals surface area contributed by atoms with E-state index >= 15 is 0 Å². The summed E-state index contributed by atoms with van der Waals surface area (Å²) in [5, 5.41) is 11.3. The van der Waals surface area contributed by atoms with Gasteiger partial charge in [-0.15, -0.1) is 0 Å². The van der Waals surface area contributed by atoms with Gasteiger partial charge in [0.1, 0.15) is 0 Å². The van der Waals surface area contributed by atoms with Crippen LogP contribution >= 0.6 is 0 Å². The summed E-state index contributed by atoms with van der Waals surface area (Å²) in [6, 6.07) is 0. The molecule has 2 rings (SSSR count). The largest absolute Gasteiger partial charge is 0.861 e. The van der Waals surface area contributed by atoms with Gasteiger partial charge in [-0.05, 0) is 11.8 Å². The molecule has 2 N–H and O–H groups in total. The summed E-state index contributed by atoms with van der Waals surface area (Å²) in [6.07, 6.45) is 1.36. The van der Waals surface area contributed by atoms with Crippen molar-refractivity contribution >= 4 is 23.0 Å². The third-order valence-corrected chi connectivity index (χ3v) is 1.99. The maximum absolute atomic E-state index is 11.5. The number of hydrogen-bond donors (Lipinski definition) is 2. The van der Waals surface area contributed by atoms with E-state index in [-0.39, 0.29) is 28.9 Å². The predicted octanol–water partition coefficient (Wildman–Crippen LogP) is -0.308. The van der Waals surface area contributed by atoms with Crippen LogP contribution in [0.4, 0.5) is 5.95 Å². The number of hydrogen-bond acceptors (Lipinski definition) is 5. The first-order chi connectivity index (χ1) is 7.58. The van der Waals surface area contributed by atoms with Gasteiger partial charge in [0, 0.05) is 0 Å². The van der Waals surface area contributed by atoms with Crippen molar-refractivity contribution in [3.63, 3.8) is 0 Å². The number of nitrogens with one attached hydrogen (secondary N) is 2. The minimum absolute atomic E-state index is 0.0108. The maximum atomic E-state index is 11.5. The number of H-pyrrole nitrogens is 2. The number of aromatic amines is 2. The number of aliphatic imine (C=N–C) groups is 1. The second-order valence-corrected chi connectivity index (χ2v) is 3.60. The van der Waals surface area contributed by atoms with Gasteiger partial charge < -0.3 is 10.1 Å². The van der Waals surface area contributed by atoms with Crippen molar-refractivity contribution in [2.75, 3.05) is 0 Å². The van der Waals surface area contributed by atoms with Gasteiger partial charge in [0.2, 0.25) is 5.95 Å². The highest BCUT2D eigenvalue weighted by Gasteiger charge is 2.04. The Balaban J connectivity index is 2.54. The first-order valence-corrected chi connectivity index (χ1v) is 4.77. The molecule has 2 heterocycles. The second-order valence-electron chi connectivity index (χ2n) is 3.60. The highest BCUT2D eigenvalue weighted by Crippen LogP contribution is 2.07. The summed E-state index contributed by atoms with van der Waals surface area (Å²) >= 11 is 0. The maximum Gasteiger partial charge on any atom is 0.278 e. The first-order valence-electron chi connectivity index (χ1n) is 4.77. The Morgan fingerprint density at radius 2 is 2.31 bits per heavy atom. The molecule has 0 spiro atoms. The Kier molecular flexibility index (Phi) is 2.43. The van der Waals surface area contributed by atoms with E-state index in [0.717, 1.165) is 0 Å². The SMILES string of the molecule is CC(C)C([O-])=Nc1nc2nc[nH]c2c(=O)[nH]1. The molecule has 0 aliphatic carbocycles. The molecule has 84 valence electrons. The molecule has 2 aromatic heterocycles. The molecule has 0 aromatic carbocycles. The van der Waals surface area contributed by atoms with Crippen molar-refractivity contribution in [3.05, 3.63) is 16.7 Å². The summed E-state index contributed by atoms with van der Waals surface area (Å²) in [5.41, 5.74) is 0.132. The zero-order valence-electron chi connectivity index (χ0n) is 8.81. The topological polar surface area (TPSA) is 110 Å². The van der Waals surface area contributed by atoms with Gasteiger partial charge in [-0.25, -0.2) is 9.98 Å². The number of rotatable bonds is 2. The first kappa shape index (κ1) is 10.3. The van der Waals surface area contributed by atoms with Gasteiger partial charge in [-0.2, -0.15) is 4.98 Å². The lowest BCUT2D eigenvalue weighted by Gasteiger charge is -2.12. The molecule has 0 fully saturated rings. The third-order valence-electron chi connectivity index (χ3n) is 1.99. The lowest BCUT2D eigenvalue weighted by molar-refractivity contribution is -0.222. The standard InChI is InChI=1S/C9H11N5O2/c1-4(2)7(15)13-9-12-6-5(8(16)14-9)10-3-11-6/h3-4H,1-2H3,(H3,10,11,12,13,14,15,16)/p-1. The number of nitrogens with zero attached hydrogens (tertiary/aromatic N) is 3. The third kappa shape index (κ3) is 1.79. The summed E-state index contributed by atoms with van der Waals surface area (Å²) in [4.78, 5) is 28.0. The van der Waals surface area contributed by atoms with E-state index in [4.69, 9.17) is 0 Å². The molecule has 0 bridgehead atoms. The summed E-state index contributed by atoms with van der Waals surface area (Å²) in [5.74, 6) is -0.582. The smallest absolute Gasteiger partial charge is 0.278 e. The Morgan fingerprint density at radius 3 is 3.00 bits per heavy atom. The van der Waals surface area contributed by atoms with Crippen LogP contribution in [-0.2, 0) is 0 Å². The van der Waals surface area contributed by atoms with Crippen LogP contribution in [0.15, 0.2) is 16.1 Å². The van der Waals surface area contributed by atoms with Gasteiger partial charge in [-0.1, -0.05) is 13.8 Å². The minimum atomic E-state index is -0.391. The van der Waals surface area contributed by atoms with Crippen LogP contribution in [0.25, 0.3) is 11.2 Å². The van der Waals surface area contributed by atoms with Crippen LogP contribution in [-0.4, -0.2) is 25.8 Å². The van der Waals surface area contributed by atoms with Crippen molar-refractivity contribution < 1.29 is 5.11 Å². The van der Waals surface area contributed by atoms with Crippen LogP contribution in [0.3, 0.4) is 0 Å². The van der Waals surface area contributed by atoms with Crippen LogP contribution in [0.2, 0.25) is 0 Å². The van der Waals surface area contributed by atoms with Crippen molar-refractivity contribution in [2.24, 2.45) is 10.9 Å². The van der Waals surface area contributed by atoms with Gasteiger partial charge in [-0.3, -0.25) is 9.78 Å². The molecular weight excluding hydrogens is 210 g/mol. The molecule has 0 saturated heterocycles. The van der Waals surface area contributed by atoms with Crippen LogP contribution < -0.4 is 10.7 Å². The van der Waals surface area contributed by atoms with Crippen molar-refractivity contribution in [1.82, 2.24) is 19.9 Å². The van der Waals surface area contributed by atoms with E-state index in [1.165, 1.54) is 6.33 Å². The lowest BCUT2D eigenvalue weighted by atomic mass is 10.2. The average Bonchev–Trinajstić information content (AvgIpc) is 2.65. The molecule has 0 saturated carbocycles. The summed E-state index contributed by atoms with van der Waals surface area (Å²) in [7, 11) is 0. The second kappa shape index (κ2) is 3.76. The van der Waals surface area contributed by atoms with Gasteiger partial charge in [0.25, 0.3) is 5.56 Å². The Morgan fingerprint density at radius 1 is 1.56 bits per heavy atom. The molecule has 0 aliphatic heterocycles. The fourth-order valence-electron chi connectivity index (χ4n) is 1.12. The average molecular weight is 220 g/mol. The van der Waals surface area contributed by atoms with Crippen LogP contribution in [0.1, 0.15) is 13.8 Å². The quantitative estimate of drug-likeness (QED) is 0.534. The van der Waals surface area contributed by atoms with Crippen molar-refractivity contribution in [2.45, 2.75) is 13.8 Å². The molecule has 2 aromatic rings. The normalized spacial score (nSPS) is 12.6. The Bertz CT molecular complexity index is 595. The van der Waals surface area contributed by atoms with E-state index in [1.807, 2.05) is 0 Å². The van der Waals surface area contributed by atoms with Gasteiger partial charge in [0.15, 0.2) is 11.2 Å². The number of aromatic nitrogens is 4. The zero-order valence-corrected chi connectivity index (χ0v) is 8.81. The van der Waals surface area contributed by atoms with E-state index < -0.39 is 5.56 Å². The van der Waals surface area contributed by atoms with Crippen molar-refractivity contribution in [3.8, 4) is 0 Å². The summed E-state index contributed by atoms with van der Waals surface area (Å²) < 4.78 is 0. The summed E-state index contributed by atoms with van der Waals surface area (Å²) in [6.45, 7) is 3.44. The number of imidazole rings is 1. The Hall–Kier alpha value is -2.18.